The standard InChI is InChI=1S/C26H27N3.ClH/c1-18-7-6-8-21(15-18)16-29-20(3)19(2)25-26(29)24(11-13-27-25)28-14-12-22-9-4-5-10-23(22)17-28;/h4-11,13,15H,12,14,16-17H2,1-3H3;1H. The number of fused-ring (bicyclic) bond motifs is 2. The zero-order chi connectivity index (χ0) is 20.0. The van der Waals surface area contributed by atoms with E-state index in [2.05, 4.69) is 84.8 Å². The van der Waals surface area contributed by atoms with Crippen LogP contribution in [0.25, 0.3) is 11.0 Å². The molecule has 2 aromatic heterocycles. The van der Waals surface area contributed by atoms with Crippen LogP contribution in [-0.4, -0.2) is 16.1 Å². The number of pyridine rings is 1. The lowest BCUT2D eigenvalue weighted by atomic mass is 9.99. The van der Waals surface area contributed by atoms with Crippen LogP contribution in [0.5, 0.6) is 0 Å². The summed E-state index contributed by atoms with van der Waals surface area (Å²) in [5.74, 6) is 0. The Morgan fingerprint density at radius 3 is 2.53 bits per heavy atom. The maximum Gasteiger partial charge on any atom is 0.0934 e. The number of aryl methyl sites for hydroxylation is 2. The first kappa shape index (κ1) is 20.5. The zero-order valence-electron chi connectivity index (χ0n) is 17.9. The minimum Gasteiger partial charge on any atom is -0.365 e. The summed E-state index contributed by atoms with van der Waals surface area (Å²) in [6.45, 7) is 9.47. The van der Waals surface area contributed by atoms with Gasteiger partial charge in [-0.1, -0.05) is 54.1 Å². The molecule has 0 saturated heterocycles. The molecule has 0 aliphatic carbocycles. The van der Waals surface area contributed by atoms with Gasteiger partial charge in [-0.25, -0.2) is 0 Å². The topological polar surface area (TPSA) is 21.1 Å². The summed E-state index contributed by atoms with van der Waals surface area (Å²) in [6, 6.07) is 19.9. The molecule has 3 heterocycles. The maximum absolute atomic E-state index is 4.77. The van der Waals surface area contributed by atoms with E-state index in [1.54, 1.807) is 0 Å². The summed E-state index contributed by atoms with van der Waals surface area (Å²) in [5, 5.41) is 0. The first-order chi connectivity index (χ1) is 14.1. The van der Waals surface area contributed by atoms with E-state index in [9.17, 15) is 0 Å². The van der Waals surface area contributed by atoms with E-state index in [0.29, 0.717) is 0 Å². The molecule has 3 nitrogen and oxygen atoms in total. The van der Waals surface area contributed by atoms with Crippen LogP contribution in [0.4, 0.5) is 5.69 Å². The Morgan fingerprint density at radius 2 is 1.73 bits per heavy atom. The van der Waals surface area contributed by atoms with Crippen molar-refractivity contribution in [2.45, 2.75) is 40.3 Å². The van der Waals surface area contributed by atoms with Crippen molar-refractivity contribution < 1.29 is 0 Å². The first-order valence-electron chi connectivity index (χ1n) is 10.4. The Bertz CT molecular complexity index is 1210. The van der Waals surface area contributed by atoms with Gasteiger partial charge in [-0.2, -0.15) is 0 Å². The average molecular weight is 418 g/mol. The number of halogens is 1. The third-order valence-corrected chi connectivity index (χ3v) is 6.37. The lowest BCUT2D eigenvalue weighted by Crippen LogP contribution is -2.30. The summed E-state index contributed by atoms with van der Waals surface area (Å²) >= 11 is 0. The molecule has 0 fully saturated rings. The first-order valence-corrected chi connectivity index (χ1v) is 10.4. The molecule has 4 heteroatoms. The van der Waals surface area contributed by atoms with Crippen molar-refractivity contribution in [3.63, 3.8) is 0 Å². The van der Waals surface area contributed by atoms with E-state index in [4.69, 9.17) is 4.98 Å². The van der Waals surface area contributed by atoms with E-state index in [1.165, 1.54) is 44.7 Å². The summed E-state index contributed by atoms with van der Waals surface area (Å²) < 4.78 is 2.46. The van der Waals surface area contributed by atoms with Crippen LogP contribution in [-0.2, 0) is 19.5 Å². The highest BCUT2D eigenvalue weighted by Crippen LogP contribution is 2.34. The molecule has 154 valence electrons. The van der Waals surface area contributed by atoms with E-state index in [-0.39, 0.29) is 12.4 Å². The Balaban J connectivity index is 0.00000218. The monoisotopic (exact) mass is 417 g/mol. The third-order valence-electron chi connectivity index (χ3n) is 6.37. The summed E-state index contributed by atoms with van der Waals surface area (Å²) in [6.07, 6.45) is 3.07. The van der Waals surface area contributed by atoms with Gasteiger partial charge in [0.15, 0.2) is 0 Å². The molecule has 0 N–H and O–H groups in total. The number of hydrogen-bond acceptors (Lipinski definition) is 2. The van der Waals surface area contributed by atoms with Crippen molar-refractivity contribution in [1.29, 1.82) is 0 Å². The van der Waals surface area contributed by atoms with Gasteiger partial charge in [-0.05, 0) is 55.5 Å². The van der Waals surface area contributed by atoms with E-state index >= 15 is 0 Å². The number of hydrogen-bond donors (Lipinski definition) is 0. The Morgan fingerprint density at radius 1 is 0.933 bits per heavy atom. The minimum atomic E-state index is 0. The van der Waals surface area contributed by atoms with Crippen molar-refractivity contribution in [1.82, 2.24) is 9.55 Å². The van der Waals surface area contributed by atoms with Crippen molar-refractivity contribution in [2.24, 2.45) is 0 Å². The van der Waals surface area contributed by atoms with Crippen LogP contribution in [0.15, 0.2) is 60.8 Å². The van der Waals surface area contributed by atoms with Crippen LogP contribution in [0, 0.1) is 20.8 Å². The molecule has 0 bridgehead atoms. The largest absolute Gasteiger partial charge is 0.365 e. The Labute approximate surface area is 184 Å². The summed E-state index contributed by atoms with van der Waals surface area (Å²) in [4.78, 5) is 7.30. The highest BCUT2D eigenvalue weighted by molar-refractivity contribution is 5.92. The van der Waals surface area contributed by atoms with Crippen LogP contribution >= 0.6 is 12.4 Å². The predicted molar refractivity (Wildman–Crippen MR) is 128 cm³/mol. The van der Waals surface area contributed by atoms with Crippen molar-refractivity contribution in [3.8, 4) is 0 Å². The van der Waals surface area contributed by atoms with Crippen molar-refractivity contribution >= 4 is 29.1 Å². The fourth-order valence-corrected chi connectivity index (χ4v) is 4.67. The SMILES string of the molecule is Cc1cccc(Cn2c(C)c(C)c3nccc(N4CCc5ccccc5C4)c32)c1.Cl. The molecule has 1 aliphatic rings. The van der Waals surface area contributed by atoms with Gasteiger partial charge in [0.1, 0.15) is 0 Å². The fourth-order valence-electron chi connectivity index (χ4n) is 4.67. The lowest BCUT2D eigenvalue weighted by molar-refractivity contribution is 0.727. The molecule has 5 rings (SSSR count). The van der Waals surface area contributed by atoms with Gasteiger partial charge in [0.05, 0.1) is 16.7 Å². The van der Waals surface area contributed by atoms with Gasteiger partial charge >= 0.3 is 0 Å². The fraction of sp³-hybridized carbons (Fsp3) is 0.269. The third kappa shape index (κ3) is 3.48. The number of anilines is 1. The molecule has 0 amide bonds. The van der Waals surface area contributed by atoms with Gasteiger partial charge in [-0.3, -0.25) is 4.98 Å². The van der Waals surface area contributed by atoms with Gasteiger partial charge < -0.3 is 9.47 Å². The molecule has 2 aromatic carbocycles. The number of rotatable bonds is 3. The second-order valence-electron chi connectivity index (χ2n) is 8.25. The quantitative estimate of drug-likeness (QED) is 0.408. The molecule has 4 aromatic rings. The number of benzene rings is 2. The maximum atomic E-state index is 4.77. The smallest absolute Gasteiger partial charge is 0.0934 e. The molecular weight excluding hydrogens is 390 g/mol. The average Bonchev–Trinajstić information content (AvgIpc) is 2.98. The van der Waals surface area contributed by atoms with Crippen LogP contribution < -0.4 is 4.90 Å². The Kier molecular flexibility index (Phi) is 5.57. The van der Waals surface area contributed by atoms with Gasteiger partial charge in [0.2, 0.25) is 0 Å². The summed E-state index contributed by atoms with van der Waals surface area (Å²) in [7, 11) is 0. The molecule has 0 spiro atoms. The highest BCUT2D eigenvalue weighted by atomic mass is 35.5. The van der Waals surface area contributed by atoms with Crippen LogP contribution in [0.3, 0.4) is 0 Å². The highest BCUT2D eigenvalue weighted by Gasteiger charge is 2.22. The minimum absolute atomic E-state index is 0. The zero-order valence-corrected chi connectivity index (χ0v) is 18.7. The van der Waals surface area contributed by atoms with Gasteiger partial charge in [0, 0.05) is 31.5 Å². The molecule has 0 saturated carbocycles. The molecule has 30 heavy (non-hydrogen) atoms. The molecule has 0 unspecified atom stereocenters. The molecule has 0 atom stereocenters. The predicted octanol–water partition coefficient (Wildman–Crippen LogP) is 5.99. The molecular formula is C26H28ClN3. The van der Waals surface area contributed by atoms with E-state index in [0.717, 1.165) is 31.6 Å². The second kappa shape index (κ2) is 8.16. The number of nitrogens with zero attached hydrogens (tertiary/aromatic N) is 3. The lowest BCUT2D eigenvalue weighted by Gasteiger charge is -2.31. The van der Waals surface area contributed by atoms with Crippen LogP contribution in [0.2, 0.25) is 0 Å². The second-order valence-corrected chi connectivity index (χ2v) is 8.25. The van der Waals surface area contributed by atoms with E-state index in [1.807, 2.05) is 6.20 Å². The van der Waals surface area contributed by atoms with Gasteiger partial charge in [-0.15, -0.1) is 12.4 Å². The number of aromatic nitrogens is 2. The van der Waals surface area contributed by atoms with E-state index < -0.39 is 0 Å². The van der Waals surface area contributed by atoms with Crippen molar-refractivity contribution in [2.75, 3.05) is 11.4 Å². The molecule has 1 aliphatic heterocycles. The normalized spacial score (nSPS) is 13.2. The van der Waals surface area contributed by atoms with Gasteiger partial charge in [0.25, 0.3) is 0 Å². The molecule has 0 radical (unpaired) electrons. The summed E-state index contributed by atoms with van der Waals surface area (Å²) in [5.41, 5.74) is 11.8. The van der Waals surface area contributed by atoms with Crippen LogP contribution in [0.1, 0.15) is 33.5 Å². The van der Waals surface area contributed by atoms with Crippen molar-refractivity contribution in [3.05, 3.63) is 94.3 Å². The Hall–Kier alpha value is -2.78.